The van der Waals surface area contributed by atoms with E-state index in [0.29, 0.717) is 25.9 Å². The highest BCUT2D eigenvalue weighted by molar-refractivity contribution is 7.89. The van der Waals surface area contributed by atoms with Gasteiger partial charge in [0, 0.05) is 42.3 Å². The van der Waals surface area contributed by atoms with Crippen molar-refractivity contribution in [3.8, 4) is 0 Å². The second kappa shape index (κ2) is 9.84. The van der Waals surface area contributed by atoms with E-state index in [0.717, 1.165) is 22.0 Å². The molecule has 1 N–H and O–H groups in total. The van der Waals surface area contributed by atoms with Crippen LogP contribution in [0.3, 0.4) is 0 Å². The molecule has 1 aliphatic heterocycles. The molecule has 1 fully saturated rings. The minimum absolute atomic E-state index is 0.0292. The third kappa shape index (κ3) is 5.31. The lowest BCUT2D eigenvalue weighted by Gasteiger charge is -2.30. The smallest absolute Gasteiger partial charge is 0.244 e. The molecule has 0 bridgehead atoms. The van der Waals surface area contributed by atoms with Gasteiger partial charge in [-0.1, -0.05) is 30.3 Å². The van der Waals surface area contributed by atoms with Crippen molar-refractivity contribution in [2.24, 2.45) is 11.0 Å². The Morgan fingerprint density at radius 3 is 2.73 bits per heavy atom. The Labute approximate surface area is 192 Å². The van der Waals surface area contributed by atoms with Crippen LogP contribution in [0.2, 0.25) is 0 Å². The molecule has 174 valence electrons. The van der Waals surface area contributed by atoms with Crippen LogP contribution >= 0.6 is 0 Å². The molecule has 1 atom stereocenters. The Bertz CT molecular complexity index is 1270. The summed E-state index contributed by atoms with van der Waals surface area (Å²) in [7, 11) is -3.31. The second-order valence-electron chi connectivity index (χ2n) is 8.19. The summed E-state index contributed by atoms with van der Waals surface area (Å²) in [5.74, 6) is -0.941. The van der Waals surface area contributed by atoms with Gasteiger partial charge in [0.15, 0.2) is 0 Å². The van der Waals surface area contributed by atoms with E-state index in [2.05, 4.69) is 15.1 Å². The van der Waals surface area contributed by atoms with Gasteiger partial charge in [0.2, 0.25) is 15.9 Å². The van der Waals surface area contributed by atoms with Crippen molar-refractivity contribution in [1.82, 2.24) is 14.3 Å². The number of para-hydroxylation sites is 1. The van der Waals surface area contributed by atoms with Crippen LogP contribution < -0.4 is 5.43 Å². The number of benzene rings is 2. The van der Waals surface area contributed by atoms with Crippen LogP contribution in [-0.4, -0.2) is 48.3 Å². The molecule has 33 heavy (non-hydrogen) atoms. The standard InChI is InChI=1S/C24H27FN4O3S/c1-2-33(31,32)29-13-5-6-19(17-29)24(30)27-26-14-20-16-28(23-8-4-3-7-22(20)23)15-18-9-11-21(25)12-10-18/h3-4,7-12,14,16,19H,2,5-6,13,15,17H2,1H3,(H,27,30). The summed E-state index contributed by atoms with van der Waals surface area (Å²) in [5.41, 5.74) is 5.39. The Balaban J connectivity index is 1.47. The highest BCUT2D eigenvalue weighted by Gasteiger charge is 2.31. The van der Waals surface area contributed by atoms with Gasteiger partial charge in [0.1, 0.15) is 5.82 Å². The molecular formula is C24H27FN4O3S. The van der Waals surface area contributed by atoms with E-state index in [1.807, 2.05) is 30.5 Å². The molecule has 1 aromatic heterocycles. The quantitative estimate of drug-likeness (QED) is 0.425. The van der Waals surface area contributed by atoms with E-state index in [-0.39, 0.29) is 24.0 Å². The zero-order valence-electron chi connectivity index (χ0n) is 18.4. The van der Waals surface area contributed by atoms with E-state index in [1.54, 1.807) is 25.3 Å². The molecule has 7 nitrogen and oxygen atoms in total. The molecule has 0 aliphatic carbocycles. The van der Waals surface area contributed by atoms with Gasteiger partial charge in [0.25, 0.3) is 0 Å². The van der Waals surface area contributed by atoms with Crippen LogP contribution in [0.25, 0.3) is 10.9 Å². The number of rotatable bonds is 7. The number of hydrazone groups is 1. The first-order valence-corrected chi connectivity index (χ1v) is 12.6. The second-order valence-corrected chi connectivity index (χ2v) is 10.4. The SMILES string of the molecule is CCS(=O)(=O)N1CCCC(C(=O)NN=Cc2cn(Cc3ccc(F)cc3)c3ccccc23)C1. The number of hydrogen-bond donors (Lipinski definition) is 1. The summed E-state index contributed by atoms with van der Waals surface area (Å²) >= 11 is 0. The van der Waals surface area contributed by atoms with Crippen LogP contribution in [-0.2, 0) is 21.4 Å². The highest BCUT2D eigenvalue weighted by Crippen LogP contribution is 2.22. The minimum atomic E-state index is -3.31. The van der Waals surface area contributed by atoms with Gasteiger partial charge in [-0.15, -0.1) is 0 Å². The van der Waals surface area contributed by atoms with Crippen LogP contribution in [0.5, 0.6) is 0 Å². The van der Waals surface area contributed by atoms with E-state index < -0.39 is 15.9 Å². The van der Waals surface area contributed by atoms with E-state index in [1.165, 1.54) is 16.4 Å². The maximum atomic E-state index is 13.2. The Kier molecular flexibility index (Phi) is 6.90. The van der Waals surface area contributed by atoms with Crippen molar-refractivity contribution in [2.75, 3.05) is 18.8 Å². The summed E-state index contributed by atoms with van der Waals surface area (Å²) in [6.07, 6.45) is 4.83. The minimum Gasteiger partial charge on any atom is -0.342 e. The average Bonchev–Trinajstić information content (AvgIpc) is 3.18. The Morgan fingerprint density at radius 1 is 1.21 bits per heavy atom. The number of hydrogen-bond acceptors (Lipinski definition) is 4. The van der Waals surface area contributed by atoms with Gasteiger partial charge in [-0.25, -0.2) is 22.5 Å². The molecule has 1 amide bonds. The maximum absolute atomic E-state index is 13.2. The molecule has 2 heterocycles. The third-order valence-electron chi connectivity index (χ3n) is 5.98. The van der Waals surface area contributed by atoms with Crippen molar-refractivity contribution < 1.29 is 17.6 Å². The maximum Gasteiger partial charge on any atom is 0.244 e. The number of halogens is 1. The first-order valence-electron chi connectivity index (χ1n) is 11.0. The number of carbonyl (C=O) groups excluding carboxylic acids is 1. The molecule has 1 saturated heterocycles. The van der Waals surface area contributed by atoms with Gasteiger partial charge in [-0.05, 0) is 43.5 Å². The number of sulfonamides is 1. The Hall–Kier alpha value is -3.04. The number of fused-ring (bicyclic) bond motifs is 1. The van der Waals surface area contributed by atoms with Crippen molar-refractivity contribution in [3.63, 3.8) is 0 Å². The fraction of sp³-hybridized carbons (Fsp3) is 0.333. The number of piperidine rings is 1. The average molecular weight is 471 g/mol. The van der Waals surface area contributed by atoms with Crippen molar-refractivity contribution in [1.29, 1.82) is 0 Å². The van der Waals surface area contributed by atoms with Crippen molar-refractivity contribution >= 4 is 33.0 Å². The lowest BCUT2D eigenvalue weighted by molar-refractivity contribution is -0.126. The van der Waals surface area contributed by atoms with Gasteiger partial charge < -0.3 is 4.57 Å². The van der Waals surface area contributed by atoms with Gasteiger partial charge in [-0.2, -0.15) is 5.10 Å². The normalized spacial score (nSPS) is 17.6. The monoisotopic (exact) mass is 470 g/mol. The van der Waals surface area contributed by atoms with Crippen molar-refractivity contribution in [3.05, 3.63) is 71.7 Å². The summed E-state index contributed by atoms with van der Waals surface area (Å²) < 4.78 is 41.0. The zero-order valence-corrected chi connectivity index (χ0v) is 19.3. The first-order chi connectivity index (χ1) is 15.9. The molecule has 1 unspecified atom stereocenters. The number of nitrogens with zero attached hydrogens (tertiary/aromatic N) is 3. The van der Waals surface area contributed by atoms with Crippen molar-refractivity contribution in [2.45, 2.75) is 26.3 Å². The molecule has 0 saturated carbocycles. The number of carbonyl (C=O) groups is 1. The topological polar surface area (TPSA) is 83.8 Å². The number of nitrogens with one attached hydrogen (secondary N) is 1. The first kappa shape index (κ1) is 23.1. The number of aromatic nitrogens is 1. The highest BCUT2D eigenvalue weighted by atomic mass is 32.2. The largest absolute Gasteiger partial charge is 0.342 e. The van der Waals surface area contributed by atoms with Crippen LogP contribution in [0.4, 0.5) is 4.39 Å². The molecule has 1 aliphatic rings. The van der Waals surface area contributed by atoms with Gasteiger partial charge in [0.05, 0.1) is 17.9 Å². The zero-order chi connectivity index (χ0) is 23.4. The molecule has 0 spiro atoms. The van der Waals surface area contributed by atoms with Gasteiger partial charge in [-0.3, -0.25) is 4.79 Å². The molecule has 4 rings (SSSR count). The van der Waals surface area contributed by atoms with Crippen LogP contribution in [0, 0.1) is 11.7 Å². The lowest BCUT2D eigenvalue weighted by atomic mass is 9.99. The van der Waals surface area contributed by atoms with E-state index in [4.69, 9.17) is 0 Å². The van der Waals surface area contributed by atoms with E-state index in [9.17, 15) is 17.6 Å². The predicted molar refractivity (Wildman–Crippen MR) is 127 cm³/mol. The fourth-order valence-corrected chi connectivity index (χ4v) is 5.32. The number of amides is 1. The fourth-order valence-electron chi connectivity index (χ4n) is 4.14. The third-order valence-corrected chi connectivity index (χ3v) is 7.83. The molecule has 2 aromatic carbocycles. The lowest BCUT2D eigenvalue weighted by Crippen LogP contribution is -2.45. The molecular weight excluding hydrogens is 443 g/mol. The summed E-state index contributed by atoms with van der Waals surface area (Å²) in [6.45, 7) is 2.83. The molecule has 3 aromatic rings. The molecule has 0 radical (unpaired) electrons. The summed E-state index contributed by atoms with van der Waals surface area (Å²) in [5, 5.41) is 5.13. The summed E-state index contributed by atoms with van der Waals surface area (Å²) in [6, 6.07) is 14.3. The predicted octanol–water partition coefficient (Wildman–Crippen LogP) is 3.34. The Morgan fingerprint density at radius 2 is 1.97 bits per heavy atom. The summed E-state index contributed by atoms with van der Waals surface area (Å²) in [4.78, 5) is 12.6. The van der Waals surface area contributed by atoms with Crippen LogP contribution in [0.15, 0.2) is 59.8 Å². The van der Waals surface area contributed by atoms with Crippen LogP contribution in [0.1, 0.15) is 30.9 Å². The molecule has 9 heteroatoms. The van der Waals surface area contributed by atoms with E-state index >= 15 is 0 Å². The van der Waals surface area contributed by atoms with Gasteiger partial charge >= 0.3 is 0 Å².